The molecule has 25 heavy (non-hydrogen) atoms. The molecule has 4 rings (SSSR count). The van der Waals surface area contributed by atoms with Gasteiger partial charge in [-0.05, 0) is 67.5 Å². The summed E-state index contributed by atoms with van der Waals surface area (Å²) in [5.74, 6) is 0.609. The average Bonchev–Trinajstić information content (AvgIpc) is 3.11. The van der Waals surface area contributed by atoms with Crippen molar-refractivity contribution in [2.24, 2.45) is 0 Å². The van der Waals surface area contributed by atoms with Crippen LogP contribution in [0, 0.1) is 0 Å². The quantitative estimate of drug-likeness (QED) is 0.872. The van der Waals surface area contributed by atoms with E-state index < -0.39 is 0 Å². The molecule has 0 atom stereocenters. The van der Waals surface area contributed by atoms with Crippen LogP contribution >= 0.6 is 0 Å². The highest BCUT2D eigenvalue weighted by molar-refractivity contribution is 5.99. The third kappa shape index (κ3) is 3.68. The van der Waals surface area contributed by atoms with Gasteiger partial charge in [0.1, 0.15) is 5.82 Å². The standard InChI is InChI=1S/C21H25N3O/c25-21(24-17-8-2-1-3-9-17)19-10-5-13-22-20(19)23-18-12-11-15-6-4-7-16(15)14-18/h5,10-14,17H,1-4,6-9H2,(H,22,23)(H,24,25). The average molecular weight is 335 g/mol. The van der Waals surface area contributed by atoms with Crippen LogP contribution in [0.1, 0.15) is 60.0 Å². The maximum Gasteiger partial charge on any atom is 0.255 e. The Morgan fingerprint density at radius 2 is 1.84 bits per heavy atom. The van der Waals surface area contributed by atoms with Gasteiger partial charge in [0.25, 0.3) is 5.91 Å². The summed E-state index contributed by atoms with van der Waals surface area (Å²) < 4.78 is 0. The molecule has 2 aliphatic carbocycles. The van der Waals surface area contributed by atoms with E-state index in [1.165, 1.54) is 43.2 Å². The lowest BCUT2D eigenvalue weighted by Gasteiger charge is -2.23. The lowest BCUT2D eigenvalue weighted by Crippen LogP contribution is -2.36. The SMILES string of the molecule is O=C(NC1CCCCC1)c1cccnc1Nc1ccc2c(c1)CCC2. The minimum atomic E-state index is -0.0244. The molecule has 1 fully saturated rings. The van der Waals surface area contributed by atoms with Crippen LogP contribution in [-0.2, 0) is 12.8 Å². The van der Waals surface area contributed by atoms with Crippen LogP contribution in [-0.4, -0.2) is 16.9 Å². The van der Waals surface area contributed by atoms with Crippen LogP contribution < -0.4 is 10.6 Å². The van der Waals surface area contributed by atoms with E-state index in [1.54, 1.807) is 6.20 Å². The Kier molecular flexibility index (Phi) is 4.68. The number of nitrogens with zero attached hydrogens (tertiary/aromatic N) is 1. The highest BCUT2D eigenvalue weighted by Crippen LogP contribution is 2.27. The topological polar surface area (TPSA) is 54.0 Å². The first-order valence-electron chi connectivity index (χ1n) is 9.44. The normalized spacial score (nSPS) is 17.1. The van der Waals surface area contributed by atoms with Crippen molar-refractivity contribution in [3.63, 3.8) is 0 Å². The Morgan fingerprint density at radius 1 is 1.00 bits per heavy atom. The Hall–Kier alpha value is -2.36. The summed E-state index contributed by atoms with van der Waals surface area (Å²) in [7, 11) is 0. The van der Waals surface area contributed by atoms with Crippen LogP contribution in [0.15, 0.2) is 36.5 Å². The Bertz CT molecular complexity index is 765. The summed E-state index contributed by atoms with van der Waals surface area (Å²) in [5.41, 5.74) is 4.48. The molecule has 2 N–H and O–H groups in total. The molecule has 1 amide bonds. The van der Waals surface area contributed by atoms with Crippen molar-refractivity contribution in [1.82, 2.24) is 10.3 Å². The molecule has 1 aromatic heterocycles. The molecular formula is C21H25N3O. The smallest absolute Gasteiger partial charge is 0.255 e. The molecule has 0 aliphatic heterocycles. The van der Waals surface area contributed by atoms with Gasteiger partial charge in [-0.1, -0.05) is 25.3 Å². The second-order valence-corrected chi connectivity index (χ2v) is 7.17. The molecule has 2 aliphatic rings. The Morgan fingerprint density at radius 3 is 2.72 bits per heavy atom. The number of rotatable bonds is 4. The number of aromatic nitrogens is 1. The van der Waals surface area contributed by atoms with E-state index in [2.05, 4.69) is 33.8 Å². The van der Waals surface area contributed by atoms with Crippen LogP contribution in [0.25, 0.3) is 0 Å². The van der Waals surface area contributed by atoms with E-state index in [9.17, 15) is 4.79 Å². The number of carbonyl (C=O) groups is 1. The molecule has 0 bridgehead atoms. The van der Waals surface area contributed by atoms with E-state index in [1.807, 2.05) is 12.1 Å². The third-order valence-electron chi connectivity index (χ3n) is 5.35. The van der Waals surface area contributed by atoms with Gasteiger partial charge in [0.2, 0.25) is 0 Å². The summed E-state index contributed by atoms with van der Waals surface area (Å²) >= 11 is 0. The maximum absolute atomic E-state index is 12.7. The molecule has 0 spiro atoms. The fraction of sp³-hybridized carbons (Fsp3) is 0.429. The predicted molar refractivity (Wildman–Crippen MR) is 100 cm³/mol. The number of fused-ring (bicyclic) bond motifs is 1. The van der Waals surface area contributed by atoms with Crippen molar-refractivity contribution in [2.75, 3.05) is 5.32 Å². The molecule has 1 aromatic carbocycles. The monoisotopic (exact) mass is 335 g/mol. The van der Waals surface area contributed by atoms with Crippen molar-refractivity contribution in [3.05, 3.63) is 53.2 Å². The number of aryl methyl sites for hydroxylation is 2. The van der Waals surface area contributed by atoms with Crippen LogP contribution in [0.5, 0.6) is 0 Å². The molecule has 2 aromatic rings. The van der Waals surface area contributed by atoms with E-state index in [0.717, 1.165) is 24.9 Å². The molecular weight excluding hydrogens is 310 g/mol. The van der Waals surface area contributed by atoms with Gasteiger partial charge in [0, 0.05) is 17.9 Å². The molecule has 0 saturated heterocycles. The van der Waals surface area contributed by atoms with Gasteiger partial charge >= 0.3 is 0 Å². The van der Waals surface area contributed by atoms with Gasteiger partial charge in [-0.2, -0.15) is 0 Å². The largest absolute Gasteiger partial charge is 0.349 e. The summed E-state index contributed by atoms with van der Waals surface area (Å²) in [6, 6.07) is 10.4. The lowest BCUT2D eigenvalue weighted by atomic mass is 9.95. The number of pyridine rings is 1. The van der Waals surface area contributed by atoms with E-state index >= 15 is 0 Å². The fourth-order valence-electron chi connectivity index (χ4n) is 3.98. The van der Waals surface area contributed by atoms with Crippen molar-refractivity contribution in [1.29, 1.82) is 0 Å². The molecule has 1 heterocycles. The van der Waals surface area contributed by atoms with Gasteiger partial charge in [-0.15, -0.1) is 0 Å². The van der Waals surface area contributed by atoms with Gasteiger partial charge in [-0.3, -0.25) is 4.79 Å². The Labute approximate surface area is 149 Å². The van der Waals surface area contributed by atoms with Crippen LogP contribution in [0.3, 0.4) is 0 Å². The van der Waals surface area contributed by atoms with Crippen LogP contribution in [0.4, 0.5) is 11.5 Å². The number of hydrogen-bond donors (Lipinski definition) is 2. The molecule has 130 valence electrons. The summed E-state index contributed by atoms with van der Waals surface area (Å²) in [5, 5.41) is 6.53. The zero-order valence-corrected chi connectivity index (χ0v) is 14.6. The third-order valence-corrected chi connectivity index (χ3v) is 5.35. The zero-order valence-electron chi connectivity index (χ0n) is 14.6. The van der Waals surface area contributed by atoms with Gasteiger partial charge < -0.3 is 10.6 Å². The first-order valence-corrected chi connectivity index (χ1v) is 9.44. The number of anilines is 2. The van der Waals surface area contributed by atoms with Crippen molar-refractivity contribution < 1.29 is 4.79 Å². The van der Waals surface area contributed by atoms with E-state index in [-0.39, 0.29) is 5.91 Å². The summed E-state index contributed by atoms with van der Waals surface area (Å²) in [6.07, 6.45) is 11.1. The summed E-state index contributed by atoms with van der Waals surface area (Å²) in [6.45, 7) is 0. The predicted octanol–water partition coefficient (Wildman–Crippen LogP) is 4.38. The van der Waals surface area contributed by atoms with E-state index in [4.69, 9.17) is 0 Å². The highest BCUT2D eigenvalue weighted by Gasteiger charge is 2.19. The Balaban J connectivity index is 1.51. The van der Waals surface area contributed by atoms with Gasteiger partial charge in [0.15, 0.2) is 0 Å². The number of carbonyl (C=O) groups excluding carboxylic acids is 1. The molecule has 0 unspecified atom stereocenters. The van der Waals surface area contributed by atoms with E-state index in [0.29, 0.717) is 17.4 Å². The highest BCUT2D eigenvalue weighted by atomic mass is 16.1. The second-order valence-electron chi connectivity index (χ2n) is 7.17. The number of nitrogens with one attached hydrogen (secondary N) is 2. The molecule has 4 heteroatoms. The van der Waals surface area contributed by atoms with Crippen molar-refractivity contribution in [2.45, 2.75) is 57.4 Å². The first kappa shape index (κ1) is 16.1. The van der Waals surface area contributed by atoms with Crippen LogP contribution in [0.2, 0.25) is 0 Å². The molecule has 4 nitrogen and oxygen atoms in total. The zero-order chi connectivity index (χ0) is 17.1. The van der Waals surface area contributed by atoms with Crippen molar-refractivity contribution >= 4 is 17.4 Å². The van der Waals surface area contributed by atoms with Gasteiger partial charge in [0.05, 0.1) is 5.56 Å². The van der Waals surface area contributed by atoms with Gasteiger partial charge in [-0.25, -0.2) is 4.98 Å². The number of amides is 1. The van der Waals surface area contributed by atoms with Crippen molar-refractivity contribution in [3.8, 4) is 0 Å². The number of hydrogen-bond acceptors (Lipinski definition) is 3. The number of benzene rings is 1. The molecule has 1 saturated carbocycles. The minimum Gasteiger partial charge on any atom is -0.349 e. The first-order chi connectivity index (χ1) is 12.3. The maximum atomic E-state index is 12.7. The second kappa shape index (κ2) is 7.26. The summed E-state index contributed by atoms with van der Waals surface area (Å²) in [4.78, 5) is 17.1. The lowest BCUT2D eigenvalue weighted by molar-refractivity contribution is 0.0928. The minimum absolute atomic E-state index is 0.0244. The molecule has 0 radical (unpaired) electrons. The fourth-order valence-corrected chi connectivity index (χ4v) is 3.98.